The molecule has 2 amide bonds. The first kappa shape index (κ1) is 21.6. The molecule has 27 heavy (non-hydrogen) atoms. The molecule has 1 aromatic rings. The number of halogens is 2. The third-order valence-corrected chi connectivity index (χ3v) is 5.54. The molecule has 0 unspecified atom stereocenters. The number of likely N-dealkylation sites (tertiary alicyclic amines) is 1. The van der Waals surface area contributed by atoms with Crippen LogP contribution in [0.3, 0.4) is 0 Å². The number of benzene rings is 1. The number of piperidine rings is 2. The molecule has 150 valence electrons. The fourth-order valence-corrected chi connectivity index (χ4v) is 3.86. The second kappa shape index (κ2) is 10.6. The first-order valence-corrected chi connectivity index (χ1v) is 9.67. The van der Waals surface area contributed by atoms with Gasteiger partial charge in [-0.05, 0) is 69.3 Å². The van der Waals surface area contributed by atoms with E-state index < -0.39 is 0 Å². The average molecular weight is 398 g/mol. The average Bonchev–Trinajstić information content (AvgIpc) is 2.67. The summed E-state index contributed by atoms with van der Waals surface area (Å²) < 4.78 is 13.2. The van der Waals surface area contributed by atoms with E-state index >= 15 is 0 Å². The lowest BCUT2D eigenvalue weighted by molar-refractivity contribution is -0.134. The van der Waals surface area contributed by atoms with E-state index in [9.17, 15) is 14.0 Å². The van der Waals surface area contributed by atoms with Gasteiger partial charge in [0.1, 0.15) is 5.82 Å². The van der Waals surface area contributed by atoms with E-state index in [4.69, 9.17) is 0 Å². The number of hydrogen-bond acceptors (Lipinski definition) is 3. The maximum absolute atomic E-state index is 13.2. The number of amides is 2. The highest BCUT2D eigenvalue weighted by molar-refractivity contribution is 5.92. The highest BCUT2D eigenvalue weighted by Crippen LogP contribution is 2.22. The van der Waals surface area contributed by atoms with Gasteiger partial charge in [0.2, 0.25) is 11.8 Å². The molecule has 2 N–H and O–H groups in total. The van der Waals surface area contributed by atoms with Crippen LogP contribution in [0.1, 0.15) is 38.5 Å². The summed E-state index contributed by atoms with van der Waals surface area (Å²) in [4.78, 5) is 26.7. The Balaban J connectivity index is 0.00000261. The van der Waals surface area contributed by atoms with Crippen molar-refractivity contribution in [2.24, 2.45) is 11.8 Å². The summed E-state index contributed by atoms with van der Waals surface area (Å²) in [6, 6.07) is 5.93. The summed E-state index contributed by atoms with van der Waals surface area (Å²) in [5.74, 6) is 0.309. The van der Waals surface area contributed by atoms with Gasteiger partial charge in [-0.1, -0.05) is 6.07 Å². The quantitative estimate of drug-likeness (QED) is 0.802. The van der Waals surface area contributed by atoms with Crippen LogP contribution in [0.4, 0.5) is 10.1 Å². The number of carbonyl (C=O) groups excluding carboxylic acids is 2. The van der Waals surface area contributed by atoms with Gasteiger partial charge in [-0.15, -0.1) is 12.4 Å². The molecule has 7 heteroatoms. The smallest absolute Gasteiger partial charge is 0.227 e. The number of nitrogens with one attached hydrogen (secondary N) is 2. The lowest BCUT2D eigenvalue weighted by Gasteiger charge is -2.32. The Morgan fingerprint density at radius 3 is 2.52 bits per heavy atom. The minimum atomic E-state index is -0.364. The summed E-state index contributed by atoms with van der Waals surface area (Å²) in [5.41, 5.74) is 0.482. The van der Waals surface area contributed by atoms with E-state index in [1.807, 2.05) is 4.90 Å². The monoisotopic (exact) mass is 397 g/mol. The second-order valence-electron chi connectivity index (χ2n) is 7.39. The zero-order valence-electron chi connectivity index (χ0n) is 15.6. The van der Waals surface area contributed by atoms with Crippen LogP contribution in [0.25, 0.3) is 0 Å². The van der Waals surface area contributed by atoms with Crippen LogP contribution >= 0.6 is 12.4 Å². The van der Waals surface area contributed by atoms with Gasteiger partial charge in [-0.3, -0.25) is 9.59 Å². The van der Waals surface area contributed by atoms with Crippen LogP contribution in [0.5, 0.6) is 0 Å². The highest BCUT2D eigenvalue weighted by Gasteiger charge is 2.27. The first-order chi connectivity index (χ1) is 12.6. The van der Waals surface area contributed by atoms with Crippen LogP contribution in [0.15, 0.2) is 24.3 Å². The van der Waals surface area contributed by atoms with Gasteiger partial charge in [0.15, 0.2) is 0 Å². The number of nitrogens with zero attached hydrogens (tertiary/aromatic N) is 1. The standard InChI is InChI=1S/C20H28FN3O2.ClH/c21-17-2-1-3-18(14-17)23-20(26)16-8-12-24(13-9-16)19(25)5-4-15-6-10-22-11-7-15;/h1-3,14-16,22H,4-13H2,(H,23,26);1H. The van der Waals surface area contributed by atoms with Gasteiger partial charge in [0.25, 0.3) is 0 Å². The van der Waals surface area contributed by atoms with Crippen molar-refractivity contribution < 1.29 is 14.0 Å². The van der Waals surface area contributed by atoms with Crippen molar-refractivity contribution in [3.8, 4) is 0 Å². The fraction of sp³-hybridized carbons (Fsp3) is 0.600. The minimum Gasteiger partial charge on any atom is -0.343 e. The summed E-state index contributed by atoms with van der Waals surface area (Å²) in [7, 11) is 0. The molecular formula is C20H29ClFN3O2. The molecular weight excluding hydrogens is 369 g/mol. The maximum Gasteiger partial charge on any atom is 0.227 e. The molecule has 0 atom stereocenters. The van der Waals surface area contributed by atoms with Crippen molar-refractivity contribution in [3.05, 3.63) is 30.1 Å². The SMILES string of the molecule is Cl.O=C(Nc1cccc(F)c1)C1CCN(C(=O)CCC2CCNCC2)CC1. The fourth-order valence-electron chi connectivity index (χ4n) is 3.86. The first-order valence-electron chi connectivity index (χ1n) is 9.67. The topological polar surface area (TPSA) is 61.4 Å². The predicted molar refractivity (Wildman–Crippen MR) is 106 cm³/mol. The van der Waals surface area contributed by atoms with Crippen molar-refractivity contribution in [2.75, 3.05) is 31.5 Å². The Bertz CT molecular complexity index is 629. The molecule has 2 fully saturated rings. The van der Waals surface area contributed by atoms with Gasteiger partial charge in [-0.2, -0.15) is 0 Å². The Hall–Kier alpha value is -1.66. The van der Waals surface area contributed by atoms with Crippen molar-refractivity contribution in [3.63, 3.8) is 0 Å². The van der Waals surface area contributed by atoms with E-state index in [0.29, 0.717) is 44.0 Å². The van der Waals surface area contributed by atoms with E-state index in [-0.39, 0.29) is 36.0 Å². The Kier molecular flexibility index (Phi) is 8.51. The second-order valence-corrected chi connectivity index (χ2v) is 7.39. The van der Waals surface area contributed by atoms with Crippen LogP contribution in [0.2, 0.25) is 0 Å². The molecule has 0 saturated carbocycles. The molecule has 2 aliphatic heterocycles. The summed E-state index contributed by atoms with van der Waals surface area (Å²) in [6.45, 7) is 3.38. The van der Waals surface area contributed by atoms with E-state index in [0.717, 1.165) is 32.4 Å². The van der Waals surface area contributed by atoms with E-state index in [2.05, 4.69) is 10.6 Å². The number of carbonyl (C=O) groups is 2. The van der Waals surface area contributed by atoms with Crippen molar-refractivity contribution in [2.45, 2.75) is 38.5 Å². The van der Waals surface area contributed by atoms with Crippen LogP contribution in [0, 0.1) is 17.7 Å². The number of rotatable bonds is 5. The Morgan fingerprint density at radius 2 is 1.85 bits per heavy atom. The lowest BCUT2D eigenvalue weighted by atomic mass is 9.92. The maximum atomic E-state index is 13.2. The van der Waals surface area contributed by atoms with Crippen molar-refractivity contribution in [1.82, 2.24) is 10.2 Å². The molecule has 2 saturated heterocycles. The third kappa shape index (κ3) is 6.47. The van der Waals surface area contributed by atoms with Gasteiger partial charge in [0, 0.05) is 31.1 Å². The molecule has 0 aliphatic carbocycles. The summed E-state index contributed by atoms with van der Waals surface area (Å²) in [5, 5.41) is 6.12. The zero-order chi connectivity index (χ0) is 18.4. The van der Waals surface area contributed by atoms with Crippen molar-refractivity contribution in [1.29, 1.82) is 0 Å². The van der Waals surface area contributed by atoms with Gasteiger partial charge < -0.3 is 15.5 Å². The molecule has 0 spiro atoms. The summed E-state index contributed by atoms with van der Waals surface area (Å²) in [6.07, 6.45) is 5.25. The van der Waals surface area contributed by atoms with Gasteiger partial charge in [-0.25, -0.2) is 4.39 Å². The molecule has 0 bridgehead atoms. The van der Waals surface area contributed by atoms with Gasteiger partial charge >= 0.3 is 0 Å². The molecule has 2 heterocycles. The molecule has 0 radical (unpaired) electrons. The normalized spacial score (nSPS) is 18.6. The molecule has 5 nitrogen and oxygen atoms in total. The lowest BCUT2D eigenvalue weighted by Crippen LogP contribution is -2.41. The number of anilines is 1. The van der Waals surface area contributed by atoms with E-state index in [1.54, 1.807) is 12.1 Å². The van der Waals surface area contributed by atoms with E-state index in [1.165, 1.54) is 12.1 Å². The van der Waals surface area contributed by atoms with Crippen LogP contribution in [-0.2, 0) is 9.59 Å². The van der Waals surface area contributed by atoms with Crippen molar-refractivity contribution >= 4 is 29.9 Å². The molecule has 1 aromatic carbocycles. The van der Waals surface area contributed by atoms with Gasteiger partial charge in [0.05, 0.1) is 0 Å². The summed E-state index contributed by atoms with van der Waals surface area (Å²) >= 11 is 0. The molecule has 0 aromatic heterocycles. The van der Waals surface area contributed by atoms with Crippen LogP contribution in [-0.4, -0.2) is 42.9 Å². The Morgan fingerprint density at radius 1 is 1.15 bits per heavy atom. The van der Waals surface area contributed by atoms with Crippen LogP contribution < -0.4 is 10.6 Å². The highest BCUT2D eigenvalue weighted by atomic mass is 35.5. The third-order valence-electron chi connectivity index (χ3n) is 5.54. The molecule has 3 rings (SSSR count). The predicted octanol–water partition coefficient (Wildman–Crippen LogP) is 3.20. The minimum absolute atomic E-state index is 0. The Labute approximate surface area is 166 Å². The largest absolute Gasteiger partial charge is 0.343 e. The number of hydrogen-bond donors (Lipinski definition) is 2. The molecule has 2 aliphatic rings. The zero-order valence-corrected chi connectivity index (χ0v) is 16.4.